The summed E-state index contributed by atoms with van der Waals surface area (Å²) in [6.45, 7) is 2.03. The van der Waals surface area contributed by atoms with Crippen molar-refractivity contribution in [1.82, 2.24) is 5.32 Å². The Hall–Kier alpha value is -3.12. The summed E-state index contributed by atoms with van der Waals surface area (Å²) in [5, 5.41) is 5.86. The molecule has 0 atom stereocenters. The van der Waals surface area contributed by atoms with Gasteiger partial charge in [-0.15, -0.1) is 0 Å². The van der Waals surface area contributed by atoms with Crippen molar-refractivity contribution in [2.75, 3.05) is 10.2 Å². The van der Waals surface area contributed by atoms with Gasteiger partial charge in [-0.3, -0.25) is 14.4 Å². The lowest BCUT2D eigenvalue weighted by Crippen LogP contribution is -2.36. The van der Waals surface area contributed by atoms with E-state index in [-0.39, 0.29) is 22.7 Å². The van der Waals surface area contributed by atoms with Gasteiger partial charge in [-0.05, 0) is 55.2 Å². The van der Waals surface area contributed by atoms with E-state index >= 15 is 0 Å². The summed E-state index contributed by atoms with van der Waals surface area (Å²) in [6, 6.07) is 14.3. The average Bonchev–Trinajstić information content (AvgIpc) is 3.03. The van der Waals surface area contributed by atoms with E-state index < -0.39 is 11.8 Å². The van der Waals surface area contributed by atoms with Crippen LogP contribution in [0.2, 0.25) is 0 Å². The first-order valence-corrected chi connectivity index (χ1v) is 11.4. The van der Waals surface area contributed by atoms with Crippen molar-refractivity contribution >= 4 is 40.7 Å². The van der Waals surface area contributed by atoms with Crippen molar-refractivity contribution in [3.05, 3.63) is 70.4 Å². The lowest BCUT2D eigenvalue weighted by molar-refractivity contribution is -0.120. The predicted octanol–water partition coefficient (Wildman–Crippen LogP) is 4.75. The standard InChI is InChI=1S/C25H26ClN3O3/c1-2-16-11-13-20(14-12-16)29-24(31)21(26)22(25(29)32)27-19-10-6-7-17(15-19)23(30)28-18-8-4-3-5-9-18/h6-7,10-15,18,27H,2-5,8-9H2,1H3,(H,28,30). The summed E-state index contributed by atoms with van der Waals surface area (Å²) in [5.74, 6) is -1.25. The van der Waals surface area contributed by atoms with Crippen molar-refractivity contribution < 1.29 is 14.4 Å². The smallest absolute Gasteiger partial charge is 0.283 e. The molecule has 6 nitrogen and oxygen atoms in total. The highest BCUT2D eigenvalue weighted by Crippen LogP contribution is 2.30. The minimum Gasteiger partial charge on any atom is -0.350 e. The van der Waals surface area contributed by atoms with Crippen LogP contribution in [0, 0.1) is 0 Å². The molecule has 0 bridgehead atoms. The number of carbonyl (C=O) groups is 3. The number of amides is 3. The quantitative estimate of drug-likeness (QED) is 0.621. The van der Waals surface area contributed by atoms with Crippen LogP contribution in [0.3, 0.4) is 0 Å². The molecule has 0 radical (unpaired) electrons. The molecular weight excluding hydrogens is 426 g/mol. The molecule has 1 heterocycles. The van der Waals surface area contributed by atoms with Crippen LogP contribution in [-0.4, -0.2) is 23.8 Å². The number of hydrogen-bond donors (Lipinski definition) is 2. The summed E-state index contributed by atoms with van der Waals surface area (Å²) < 4.78 is 0. The monoisotopic (exact) mass is 451 g/mol. The summed E-state index contributed by atoms with van der Waals surface area (Å²) >= 11 is 6.23. The number of benzene rings is 2. The van der Waals surface area contributed by atoms with Gasteiger partial charge in [0.2, 0.25) is 0 Å². The first-order valence-electron chi connectivity index (χ1n) is 11.0. The lowest BCUT2D eigenvalue weighted by atomic mass is 9.95. The summed E-state index contributed by atoms with van der Waals surface area (Å²) in [5.41, 5.74) is 2.57. The Morgan fingerprint density at radius 3 is 2.44 bits per heavy atom. The number of aryl methyl sites for hydroxylation is 1. The van der Waals surface area contributed by atoms with E-state index in [2.05, 4.69) is 10.6 Å². The molecule has 2 aromatic rings. The van der Waals surface area contributed by atoms with E-state index in [4.69, 9.17) is 11.6 Å². The molecule has 2 N–H and O–H groups in total. The topological polar surface area (TPSA) is 78.5 Å². The van der Waals surface area contributed by atoms with Crippen molar-refractivity contribution in [3.63, 3.8) is 0 Å². The van der Waals surface area contributed by atoms with E-state index in [0.29, 0.717) is 16.9 Å². The van der Waals surface area contributed by atoms with Crippen molar-refractivity contribution in [1.29, 1.82) is 0 Å². The molecule has 1 aliphatic carbocycles. The van der Waals surface area contributed by atoms with Gasteiger partial charge in [0.15, 0.2) is 0 Å². The fourth-order valence-electron chi connectivity index (χ4n) is 4.12. The SMILES string of the molecule is CCc1ccc(N2C(=O)C(Cl)=C(Nc3cccc(C(=O)NC4CCCCC4)c3)C2=O)cc1. The van der Waals surface area contributed by atoms with E-state index in [1.165, 1.54) is 6.42 Å². The van der Waals surface area contributed by atoms with Gasteiger partial charge in [-0.25, -0.2) is 4.90 Å². The fraction of sp³-hybridized carbons (Fsp3) is 0.320. The summed E-state index contributed by atoms with van der Waals surface area (Å²) in [4.78, 5) is 39.4. The highest BCUT2D eigenvalue weighted by atomic mass is 35.5. The Labute approximate surface area is 192 Å². The maximum Gasteiger partial charge on any atom is 0.283 e. The Morgan fingerprint density at radius 2 is 1.75 bits per heavy atom. The predicted molar refractivity (Wildman–Crippen MR) is 126 cm³/mol. The maximum absolute atomic E-state index is 13.0. The third-order valence-electron chi connectivity index (χ3n) is 5.96. The van der Waals surface area contributed by atoms with Crippen LogP contribution >= 0.6 is 11.6 Å². The number of hydrogen-bond acceptors (Lipinski definition) is 4. The van der Waals surface area contributed by atoms with Crippen LogP contribution < -0.4 is 15.5 Å². The molecular formula is C25H26ClN3O3. The second kappa shape index (κ2) is 9.57. The minimum atomic E-state index is -0.574. The molecule has 166 valence electrons. The average molecular weight is 452 g/mol. The Kier molecular flexibility index (Phi) is 6.61. The molecule has 2 aromatic carbocycles. The van der Waals surface area contributed by atoms with Crippen LogP contribution in [0.15, 0.2) is 59.3 Å². The third kappa shape index (κ3) is 4.55. The second-order valence-corrected chi connectivity index (χ2v) is 8.55. The van der Waals surface area contributed by atoms with Gasteiger partial charge in [0.1, 0.15) is 10.7 Å². The van der Waals surface area contributed by atoms with Crippen molar-refractivity contribution in [2.45, 2.75) is 51.5 Å². The number of imide groups is 1. The Bertz CT molecular complexity index is 1070. The fourth-order valence-corrected chi connectivity index (χ4v) is 4.34. The number of anilines is 2. The molecule has 1 aliphatic heterocycles. The molecule has 0 spiro atoms. The van der Waals surface area contributed by atoms with E-state index in [1.807, 2.05) is 19.1 Å². The van der Waals surface area contributed by atoms with Crippen molar-refractivity contribution in [2.24, 2.45) is 0 Å². The number of nitrogens with zero attached hydrogens (tertiary/aromatic N) is 1. The highest BCUT2D eigenvalue weighted by Gasteiger charge is 2.39. The molecule has 3 amide bonds. The van der Waals surface area contributed by atoms with Gasteiger partial charge >= 0.3 is 0 Å². The molecule has 0 aromatic heterocycles. The van der Waals surface area contributed by atoms with Gasteiger partial charge in [0.05, 0.1) is 5.69 Å². The number of nitrogens with one attached hydrogen (secondary N) is 2. The zero-order valence-electron chi connectivity index (χ0n) is 18.0. The summed E-state index contributed by atoms with van der Waals surface area (Å²) in [6.07, 6.45) is 6.34. The van der Waals surface area contributed by atoms with Gasteiger partial charge in [0.25, 0.3) is 17.7 Å². The molecule has 0 unspecified atom stereocenters. The molecule has 1 saturated carbocycles. The molecule has 0 saturated heterocycles. The van der Waals surface area contributed by atoms with Crippen LogP contribution in [0.25, 0.3) is 0 Å². The van der Waals surface area contributed by atoms with Crippen molar-refractivity contribution in [3.8, 4) is 0 Å². The van der Waals surface area contributed by atoms with E-state index in [0.717, 1.165) is 42.6 Å². The minimum absolute atomic E-state index is 0.000994. The summed E-state index contributed by atoms with van der Waals surface area (Å²) in [7, 11) is 0. The van der Waals surface area contributed by atoms with Gasteiger partial charge in [-0.1, -0.05) is 56.0 Å². The molecule has 7 heteroatoms. The normalized spacial score (nSPS) is 17.1. The number of carbonyl (C=O) groups excluding carboxylic acids is 3. The Balaban J connectivity index is 1.49. The molecule has 4 rings (SSSR count). The third-order valence-corrected chi connectivity index (χ3v) is 6.32. The number of rotatable bonds is 6. The van der Waals surface area contributed by atoms with Crippen LogP contribution in [0.1, 0.15) is 54.9 Å². The zero-order valence-corrected chi connectivity index (χ0v) is 18.7. The molecule has 1 fully saturated rings. The van der Waals surface area contributed by atoms with E-state index in [1.54, 1.807) is 36.4 Å². The molecule has 2 aliphatic rings. The Morgan fingerprint density at radius 1 is 1.03 bits per heavy atom. The first kappa shape index (κ1) is 22.1. The first-order chi connectivity index (χ1) is 15.5. The lowest BCUT2D eigenvalue weighted by Gasteiger charge is -2.22. The zero-order chi connectivity index (χ0) is 22.7. The molecule has 32 heavy (non-hydrogen) atoms. The van der Waals surface area contributed by atoms with Crippen LogP contribution in [-0.2, 0) is 16.0 Å². The van der Waals surface area contributed by atoms with E-state index in [9.17, 15) is 14.4 Å². The van der Waals surface area contributed by atoms with Crippen LogP contribution in [0.5, 0.6) is 0 Å². The number of halogens is 1. The van der Waals surface area contributed by atoms with Gasteiger partial charge in [0, 0.05) is 17.3 Å². The maximum atomic E-state index is 13.0. The van der Waals surface area contributed by atoms with Gasteiger partial charge in [-0.2, -0.15) is 0 Å². The van der Waals surface area contributed by atoms with Crippen LogP contribution in [0.4, 0.5) is 11.4 Å². The largest absolute Gasteiger partial charge is 0.350 e. The van der Waals surface area contributed by atoms with Gasteiger partial charge < -0.3 is 10.6 Å². The highest BCUT2D eigenvalue weighted by molar-refractivity contribution is 6.53. The second-order valence-electron chi connectivity index (χ2n) is 8.17.